The number of carbonyl (C=O) groups is 1. The number of nitrogens with two attached hydrogens (primary N) is 1. The maximum absolute atomic E-state index is 14.2. The third-order valence-electron chi connectivity index (χ3n) is 8.84. The minimum absolute atomic E-state index is 0.0573. The van der Waals surface area contributed by atoms with Crippen LogP contribution in [0.3, 0.4) is 0 Å². The molecule has 0 bridgehead atoms. The summed E-state index contributed by atoms with van der Waals surface area (Å²) in [6.45, 7) is 9.81. The summed E-state index contributed by atoms with van der Waals surface area (Å²) in [5.41, 5.74) is 3.78. The first kappa shape index (κ1) is 34.3. The molecule has 0 saturated carbocycles. The lowest BCUT2D eigenvalue weighted by molar-refractivity contribution is -0.140. The van der Waals surface area contributed by atoms with Gasteiger partial charge in [0.2, 0.25) is 11.9 Å². The summed E-state index contributed by atoms with van der Waals surface area (Å²) in [7, 11) is -3.04. The lowest BCUT2D eigenvalue weighted by Gasteiger charge is -2.44. The molecular weight excluding hydrogens is 655 g/mol. The number of rotatable bonds is 8. The maximum Gasteiger partial charge on any atom is 0.434 e. The van der Waals surface area contributed by atoms with Gasteiger partial charge in [-0.3, -0.25) is 4.90 Å². The van der Waals surface area contributed by atoms with Crippen molar-refractivity contribution in [2.45, 2.75) is 51.1 Å². The predicted molar refractivity (Wildman–Crippen MR) is 181 cm³/mol. The van der Waals surface area contributed by atoms with Crippen LogP contribution in [0.1, 0.15) is 33.4 Å². The zero-order valence-corrected chi connectivity index (χ0v) is 28.6. The molecule has 11 nitrogen and oxygen atoms in total. The smallest absolute Gasteiger partial charge is 0.434 e. The normalized spacial score (nSPS) is 18.9. The van der Waals surface area contributed by atoms with E-state index >= 15 is 0 Å². The summed E-state index contributed by atoms with van der Waals surface area (Å²) in [6, 6.07) is 20.8. The van der Waals surface area contributed by atoms with Gasteiger partial charge in [0.05, 0.1) is 25.5 Å². The highest BCUT2D eigenvalue weighted by Crippen LogP contribution is 2.40. The summed E-state index contributed by atoms with van der Waals surface area (Å²) in [6.07, 6.45) is -5.22. The van der Waals surface area contributed by atoms with E-state index in [9.17, 15) is 18.0 Å². The Bertz CT molecular complexity index is 1750. The lowest BCUT2D eigenvalue weighted by Crippen LogP contribution is -2.67. The van der Waals surface area contributed by atoms with E-state index in [4.69, 9.17) is 24.6 Å². The standard InChI is InChI=1S/C34H38F3N7O4Si/c1-22-27(21-47-49(33(2,3)4,23-11-7-5-8-12-23)24-13-9-6-10-14-24)44(32(45)48-22)28-19-26(40-31(41-28)43-15-17-46-18-16-43)25-20-39-30(38)42-29(25)34(35,36)37/h5-14,19-20,22,27H,15-18,21H2,1-4H3,(H2,38,39,42)/t22-,27+/m1/s1. The summed E-state index contributed by atoms with van der Waals surface area (Å²) in [5.74, 6) is -0.349. The van der Waals surface area contributed by atoms with Crippen molar-refractivity contribution in [2.75, 3.05) is 48.4 Å². The van der Waals surface area contributed by atoms with E-state index in [1.54, 1.807) is 11.8 Å². The Labute approximate surface area is 283 Å². The van der Waals surface area contributed by atoms with Crippen LogP contribution in [0, 0.1) is 0 Å². The number of alkyl halides is 3. The van der Waals surface area contributed by atoms with E-state index in [0.29, 0.717) is 26.3 Å². The minimum atomic E-state index is -4.86. The van der Waals surface area contributed by atoms with Crippen LogP contribution in [-0.4, -0.2) is 79.4 Å². The Kier molecular flexibility index (Phi) is 9.35. The van der Waals surface area contributed by atoms with Crippen LogP contribution in [-0.2, 0) is 20.1 Å². The van der Waals surface area contributed by atoms with Gasteiger partial charge >= 0.3 is 12.3 Å². The molecule has 0 unspecified atom stereocenters. The second-order valence-electron chi connectivity index (χ2n) is 13.0. The molecule has 2 aromatic heterocycles. The van der Waals surface area contributed by atoms with E-state index < -0.39 is 49.9 Å². The van der Waals surface area contributed by atoms with Crippen LogP contribution in [0.25, 0.3) is 11.3 Å². The first-order valence-corrected chi connectivity index (χ1v) is 17.9. The fourth-order valence-electron chi connectivity index (χ4n) is 6.47. The molecule has 2 fully saturated rings. The number of hydrogen-bond acceptors (Lipinski definition) is 10. The predicted octanol–water partition coefficient (Wildman–Crippen LogP) is 4.66. The van der Waals surface area contributed by atoms with E-state index in [-0.39, 0.29) is 29.1 Å². The molecule has 258 valence electrons. The van der Waals surface area contributed by atoms with Gasteiger partial charge in [-0.15, -0.1) is 0 Å². The fourth-order valence-corrected chi connectivity index (χ4v) is 11.0. The number of anilines is 3. The molecule has 1 amide bonds. The molecule has 2 aliphatic heterocycles. The highest BCUT2D eigenvalue weighted by Gasteiger charge is 2.52. The SMILES string of the molecule is C[C@H]1OC(=O)N(c2cc(-c3cnc(N)nc3C(F)(F)F)nc(N3CCOCC3)n2)[C@H]1CO[Si](c1ccccc1)(c1ccccc1)C(C)(C)C. The van der Waals surface area contributed by atoms with Crippen molar-refractivity contribution in [1.29, 1.82) is 0 Å². The Morgan fingerprint density at radius 2 is 1.57 bits per heavy atom. The van der Waals surface area contributed by atoms with E-state index in [1.165, 1.54) is 11.0 Å². The van der Waals surface area contributed by atoms with Crippen LogP contribution in [0.2, 0.25) is 5.04 Å². The zero-order chi connectivity index (χ0) is 35.0. The van der Waals surface area contributed by atoms with Gasteiger partial charge in [-0.2, -0.15) is 18.2 Å². The van der Waals surface area contributed by atoms with Crippen molar-refractivity contribution in [3.8, 4) is 11.3 Å². The Morgan fingerprint density at radius 1 is 0.959 bits per heavy atom. The zero-order valence-electron chi connectivity index (χ0n) is 27.6. The second-order valence-corrected chi connectivity index (χ2v) is 17.3. The molecule has 4 heterocycles. The molecule has 6 rings (SSSR count). The van der Waals surface area contributed by atoms with Crippen LogP contribution in [0.15, 0.2) is 72.9 Å². The quantitative estimate of drug-likeness (QED) is 0.260. The largest absolute Gasteiger partial charge is 0.444 e. The highest BCUT2D eigenvalue weighted by atomic mass is 28.4. The highest BCUT2D eigenvalue weighted by molar-refractivity contribution is 6.99. The number of amides is 1. The number of ether oxygens (including phenoxy) is 2. The van der Waals surface area contributed by atoms with Gasteiger partial charge in [0, 0.05) is 30.9 Å². The molecule has 0 radical (unpaired) electrons. The van der Waals surface area contributed by atoms with Crippen molar-refractivity contribution in [3.05, 3.63) is 78.6 Å². The van der Waals surface area contributed by atoms with Crippen LogP contribution < -0.4 is 25.9 Å². The molecule has 2 saturated heterocycles. The van der Waals surface area contributed by atoms with Gasteiger partial charge in [0.1, 0.15) is 18.0 Å². The fraction of sp³-hybridized carbons (Fsp3) is 0.382. The van der Waals surface area contributed by atoms with E-state index in [2.05, 4.69) is 60.0 Å². The number of cyclic esters (lactones) is 1. The van der Waals surface area contributed by atoms with E-state index in [0.717, 1.165) is 16.6 Å². The topological polar surface area (TPSA) is 129 Å². The third kappa shape index (κ3) is 6.69. The number of morpholine rings is 1. The molecule has 2 aliphatic rings. The van der Waals surface area contributed by atoms with Crippen LogP contribution in [0.4, 0.5) is 35.7 Å². The van der Waals surface area contributed by atoms with Crippen molar-refractivity contribution in [1.82, 2.24) is 19.9 Å². The van der Waals surface area contributed by atoms with Gasteiger partial charge in [-0.05, 0) is 22.3 Å². The van der Waals surface area contributed by atoms with Crippen LogP contribution >= 0.6 is 0 Å². The molecule has 2 aromatic carbocycles. The summed E-state index contributed by atoms with van der Waals surface area (Å²) in [4.78, 5) is 33.3. The lowest BCUT2D eigenvalue weighted by atomic mass is 10.1. The van der Waals surface area contributed by atoms with Gasteiger partial charge in [0.15, 0.2) is 5.69 Å². The molecule has 0 aliphatic carbocycles. The number of carbonyl (C=O) groups excluding carboxylic acids is 1. The molecule has 0 spiro atoms. The maximum atomic E-state index is 14.2. The monoisotopic (exact) mass is 693 g/mol. The average Bonchev–Trinajstić information content (AvgIpc) is 3.37. The number of aromatic nitrogens is 4. The summed E-state index contributed by atoms with van der Waals surface area (Å²) in [5, 5.41) is 1.77. The number of nitrogens with zero attached hydrogens (tertiary/aromatic N) is 6. The Hall–Kier alpha value is -4.60. The van der Waals surface area contributed by atoms with Crippen LogP contribution in [0.5, 0.6) is 0 Å². The number of hydrogen-bond donors (Lipinski definition) is 1. The molecular formula is C34H38F3N7O4Si. The molecule has 2 atom stereocenters. The third-order valence-corrected chi connectivity index (χ3v) is 13.8. The van der Waals surface area contributed by atoms with Crippen molar-refractivity contribution in [2.24, 2.45) is 0 Å². The number of halogens is 3. The minimum Gasteiger partial charge on any atom is -0.444 e. The van der Waals surface area contributed by atoms with Gasteiger partial charge in [-0.25, -0.2) is 19.7 Å². The molecule has 4 aromatic rings. The van der Waals surface area contributed by atoms with Crippen molar-refractivity contribution >= 4 is 42.5 Å². The Balaban J connectivity index is 1.46. The van der Waals surface area contributed by atoms with Crippen molar-refractivity contribution in [3.63, 3.8) is 0 Å². The second kappa shape index (κ2) is 13.4. The number of benzene rings is 2. The molecule has 15 heteroatoms. The van der Waals surface area contributed by atoms with Gasteiger partial charge in [0.25, 0.3) is 8.32 Å². The van der Waals surface area contributed by atoms with E-state index in [1.807, 2.05) is 36.4 Å². The Morgan fingerprint density at radius 3 is 2.14 bits per heavy atom. The van der Waals surface area contributed by atoms with Gasteiger partial charge in [-0.1, -0.05) is 81.4 Å². The first-order valence-electron chi connectivity index (χ1n) is 16.0. The number of nitrogen functional groups attached to an aromatic ring is 1. The summed E-state index contributed by atoms with van der Waals surface area (Å²) >= 11 is 0. The molecule has 2 N–H and O–H groups in total. The average molecular weight is 694 g/mol. The first-order chi connectivity index (χ1) is 23.3. The van der Waals surface area contributed by atoms with Crippen molar-refractivity contribution < 1.29 is 31.9 Å². The molecule has 49 heavy (non-hydrogen) atoms. The summed E-state index contributed by atoms with van der Waals surface area (Å²) < 4.78 is 61.0. The van der Waals surface area contributed by atoms with Gasteiger partial charge < -0.3 is 24.5 Å².